The predicted molar refractivity (Wildman–Crippen MR) is 99.0 cm³/mol. The molecule has 0 unspecified atom stereocenters. The van der Waals surface area contributed by atoms with Gasteiger partial charge < -0.3 is 14.9 Å². The molecule has 1 aromatic heterocycles. The van der Waals surface area contributed by atoms with Crippen LogP contribution in [0.25, 0.3) is 10.9 Å². The molecular formula is C20H24FN3O2. The maximum Gasteiger partial charge on any atom is 0.311 e. The molecule has 0 bridgehead atoms. The van der Waals surface area contributed by atoms with Gasteiger partial charge in [-0.2, -0.15) is 0 Å². The number of benzene rings is 1. The van der Waals surface area contributed by atoms with Crippen LogP contribution in [0.5, 0.6) is 0 Å². The van der Waals surface area contributed by atoms with E-state index < -0.39 is 11.4 Å². The Morgan fingerprint density at radius 2 is 2.12 bits per heavy atom. The van der Waals surface area contributed by atoms with Crippen LogP contribution in [0.15, 0.2) is 24.3 Å². The molecule has 2 saturated heterocycles. The molecule has 2 aromatic rings. The van der Waals surface area contributed by atoms with Crippen LogP contribution in [0, 0.1) is 18.2 Å². The number of aryl methyl sites for hydroxylation is 1. The molecular weight excluding hydrogens is 333 g/mol. The minimum atomic E-state index is -0.682. The van der Waals surface area contributed by atoms with Gasteiger partial charge in [0, 0.05) is 30.6 Å². The van der Waals surface area contributed by atoms with E-state index in [0.717, 1.165) is 36.2 Å². The number of nitrogens with zero attached hydrogens (tertiary/aromatic N) is 3. The molecule has 0 aliphatic carbocycles. The number of halogens is 1. The first kappa shape index (κ1) is 17.2. The monoisotopic (exact) mass is 357 g/mol. The minimum Gasteiger partial charge on any atom is -0.481 e. The van der Waals surface area contributed by atoms with Crippen molar-refractivity contribution in [2.24, 2.45) is 5.41 Å². The third kappa shape index (κ3) is 2.63. The van der Waals surface area contributed by atoms with Gasteiger partial charge in [-0.15, -0.1) is 0 Å². The minimum absolute atomic E-state index is 0.0344. The zero-order valence-corrected chi connectivity index (χ0v) is 15.2. The van der Waals surface area contributed by atoms with E-state index in [4.69, 9.17) is 0 Å². The maximum absolute atomic E-state index is 13.6. The Hall–Kier alpha value is -2.21. The molecule has 0 radical (unpaired) electrons. The summed E-state index contributed by atoms with van der Waals surface area (Å²) < 4.78 is 13.6. The average molecular weight is 357 g/mol. The lowest BCUT2D eigenvalue weighted by Gasteiger charge is -2.52. The summed E-state index contributed by atoms with van der Waals surface area (Å²) in [4.78, 5) is 21.1. The molecule has 3 heterocycles. The number of aliphatic carboxylic acids is 1. The number of carbonyl (C=O) groups is 1. The lowest BCUT2D eigenvalue weighted by molar-refractivity contribution is -0.158. The average Bonchev–Trinajstić information content (AvgIpc) is 2.61. The van der Waals surface area contributed by atoms with E-state index in [1.807, 2.05) is 20.0 Å². The maximum atomic E-state index is 13.6. The van der Waals surface area contributed by atoms with Gasteiger partial charge in [0.15, 0.2) is 0 Å². The summed E-state index contributed by atoms with van der Waals surface area (Å²) in [6.07, 6.45) is 2.27. The van der Waals surface area contributed by atoms with Gasteiger partial charge in [0.25, 0.3) is 0 Å². The molecule has 5 nitrogen and oxygen atoms in total. The van der Waals surface area contributed by atoms with Crippen molar-refractivity contribution in [1.29, 1.82) is 0 Å². The van der Waals surface area contributed by atoms with Crippen LogP contribution < -0.4 is 4.90 Å². The second-order valence-electron chi connectivity index (χ2n) is 7.72. The molecule has 0 spiro atoms. The van der Waals surface area contributed by atoms with Crippen LogP contribution in [0.2, 0.25) is 0 Å². The molecule has 2 fully saturated rings. The van der Waals surface area contributed by atoms with Crippen LogP contribution >= 0.6 is 0 Å². The van der Waals surface area contributed by atoms with E-state index in [1.165, 1.54) is 12.1 Å². The van der Waals surface area contributed by atoms with Crippen LogP contribution in [0.1, 0.15) is 24.8 Å². The van der Waals surface area contributed by atoms with E-state index in [1.54, 1.807) is 6.07 Å². The summed E-state index contributed by atoms with van der Waals surface area (Å²) in [5.74, 6) is -0.172. The molecule has 6 heteroatoms. The van der Waals surface area contributed by atoms with Gasteiger partial charge in [-0.05, 0) is 63.5 Å². The first-order valence-electron chi connectivity index (χ1n) is 9.16. The Balaban J connectivity index is 1.70. The van der Waals surface area contributed by atoms with Crippen LogP contribution in [0.4, 0.5) is 10.2 Å². The van der Waals surface area contributed by atoms with E-state index >= 15 is 0 Å². The summed E-state index contributed by atoms with van der Waals surface area (Å²) in [5, 5.41) is 10.9. The van der Waals surface area contributed by atoms with Crippen LogP contribution in [-0.4, -0.2) is 53.7 Å². The summed E-state index contributed by atoms with van der Waals surface area (Å²) in [5.41, 5.74) is 1.03. The number of carboxylic acid groups (broad SMARTS) is 1. The van der Waals surface area contributed by atoms with Crippen molar-refractivity contribution in [3.63, 3.8) is 0 Å². The van der Waals surface area contributed by atoms with Gasteiger partial charge in [0.05, 0.1) is 10.9 Å². The fourth-order valence-electron chi connectivity index (χ4n) is 4.71. The Morgan fingerprint density at radius 1 is 1.31 bits per heavy atom. The molecule has 2 atom stereocenters. The first-order valence-corrected chi connectivity index (χ1v) is 9.16. The fraction of sp³-hybridized carbons (Fsp3) is 0.500. The molecule has 4 rings (SSSR count). The zero-order chi connectivity index (χ0) is 18.5. The fourth-order valence-corrected chi connectivity index (χ4v) is 4.71. The lowest BCUT2D eigenvalue weighted by atomic mass is 9.68. The molecule has 1 aromatic carbocycles. The number of likely N-dealkylation sites (N-methyl/N-ethyl adjacent to an activating group) is 1. The second-order valence-corrected chi connectivity index (χ2v) is 7.72. The van der Waals surface area contributed by atoms with Crippen LogP contribution in [-0.2, 0) is 4.79 Å². The molecule has 2 aliphatic heterocycles. The highest BCUT2D eigenvalue weighted by atomic mass is 19.1. The van der Waals surface area contributed by atoms with Crippen molar-refractivity contribution in [3.8, 4) is 0 Å². The highest BCUT2D eigenvalue weighted by Gasteiger charge is 2.52. The normalized spacial score (nSPS) is 26.7. The third-order valence-electron chi connectivity index (χ3n) is 6.24. The van der Waals surface area contributed by atoms with E-state index in [-0.39, 0.29) is 11.9 Å². The van der Waals surface area contributed by atoms with Gasteiger partial charge in [0.1, 0.15) is 11.6 Å². The SMILES string of the molecule is Cc1cc(N2CC[C@@]3(C(=O)O)CCCN(C)[C@@H]3C2)nc2cc(F)ccc12. The smallest absolute Gasteiger partial charge is 0.311 e. The summed E-state index contributed by atoms with van der Waals surface area (Å²) in [6.45, 7) is 4.21. The number of piperidine rings is 2. The Kier molecular flexibility index (Phi) is 4.10. The number of rotatable bonds is 2. The van der Waals surface area contributed by atoms with Gasteiger partial charge in [-0.1, -0.05) is 0 Å². The van der Waals surface area contributed by atoms with Gasteiger partial charge in [-0.25, -0.2) is 9.37 Å². The van der Waals surface area contributed by atoms with E-state index in [0.29, 0.717) is 25.0 Å². The third-order valence-corrected chi connectivity index (χ3v) is 6.24. The largest absolute Gasteiger partial charge is 0.481 e. The van der Waals surface area contributed by atoms with Crippen LogP contribution in [0.3, 0.4) is 0 Å². The predicted octanol–water partition coefficient (Wildman–Crippen LogP) is 3.06. The van der Waals surface area contributed by atoms with E-state index in [2.05, 4.69) is 14.8 Å². The Bertz CT molecular complexity index is 872. The quantitative estimate of drug-likeness (QED) is 0.895. The highest BCUT2D eigenvalue weighted by molar-refractivity contribution is 5.84. The number of carboxylic acids is 1. The van der Waals surface area contributed by atoms with Crippen molar-refractivity contribution in [3.05, 3.63) is 35.6 Å². The molecule has 26 heavy (non-hydrogen) atoms. The number of hydrogen-bond acceptors (Lipinski definition) is 4. The first-order chi connectivity index (χ1) is 12.4. The number of fused-ring (bicyclic) bond motifs is 2. The summed E-state index contributed by atoms with van der Waals surface area (Å²) >= 11 is 0. The van der Waals surface area contributed by atoms with E-state index in [9.17, 15) is 14.3 Å². The number of aromatic nitrogens is 1. The Morgan fingerprint density at radius 3 is 2.88 bits per heavy atom. The lowest BCUT2D eigenvalue weighted by Crippen LogP contribution is -2.63. The van der Waals surface area contributed by atoms with Crippen molar-refractivity contribution < 1.29 is 14.3 Å². The molecule has 138 valence electrons. The van der Waals surface area contributed by atoms with Gasteiger partial charge in [-0.3, -0.25) is 4.79 Å². The Labute approximate surface area is 152 Å². The van der Waals surface area contributed by atoms with Gasteiger partial charge >= 0.3 is 5.97 Å². The standard InChI is InChI=1S/C20H24FN3O2/c1-13-10-18(22-16-11-14(21)4-5-15(13)16)24-9-7-20(19(25)26)6-3-8-23(2)17(20)12-24/h4-5,10-11,17H,3,6-9,12H2,1-2H3,(H,25,26)/t17-,20+/m1/s1. The number of pyridine rings is 1. The summed E-state index contributed by atoms with van der Waals surface area (Å²) in [7, 11) is 2.01. The van der Waals surface area contributed by atoms with Crippen molar-refractivity contribution in [2.75, 3.05) is 31.6 Å². The molecule has 1 N–H and O–H groups in total. The molecule has 2 aliphatic rings. The van der Waals surface area contributed by atoms with Gasteiger partial charge in [0.2, 0.25) is 0 Å². The number of hydrogen-bond donors (Lipinski definition) is 1. The van der Waals surface area contributed by atoms with Crippen molar-refractivity contribution in [1.82, 2.24) is 9.88 Å². The highest BCUT2D eigenvalue weighted by Crippen LogP contribution is 2.43. The van der Waals surface area contributed by atoms with Crippen molar-refractivity contribution in [2.45, 2.75) is 32.2 Å². The summed E-state index contributed by atoms with van der Waals surface area (Å²) in [6, 6.07) is 6.67. The number of likely N-dealkylation sites (tertiary alicyclic amines) is 1. The zero-order valence-electron chi connectivity index (χ0n) is 15.2. The molecule has 0 saturated carbocycles. The second kappa shape index (κ2) is 6.20. The van der Waals surface area contributed by atoms with Crippen molar-refractivity contribution >= 4 is 22.7 Å². The topological polar surface area (TPSA) is 56.7 Å². The molecule has 0 amide bonds. The number of anilines is 1.